The van der Waals surface area contributed by atoms with Crippen LogP contribution in [0.2, 0.25) is 0 Å². The third kappa shape index (κ3) is 5.97. The summed E-state index contributed by atoms with van der Waals surface area (Å²) in [6.45, 7) is 1.23. The van der Waals surface area contributed by atoms with Gasteiger partial charge in [-0.15, -0.1) is 6.42 Å². The van der Waals surface area contributed by atoms with Gasteiger partial charge in [0.05, 0.1) is 12.2 Å². The van der Waals surface area contributed by atoms with E-state index in [0.717, 1.165) is 6.08 Å². The first-order valence-corrected chi connectivity index (χ1v) is 4.30. The van der Waals surface area contributed by atoms with E-state index < -0.39 is 18.4 Å². The molecule has 0 radical (unpaired) electrons. The zero-order valence-corrected chi connectivity index (χ0v) is 8.69. The molecule has 0 aliphatic carbocycles. The van der Waals surface area contributed by atoms with Gasteiger partial charge in [0, 0.05) is 7.11 Å². The Morgan fingerprint density at radius 1 is 1.40 bits per heavy atom. The summed E-state index contributed by atoms with van der Waals surface area (Å²) in [7, 11) is 1.22. The van der Waals surface area contributed by atoms with E-state index in [9.17, 15) is 13.2 Å². The molecule has 84 valence electrons. The summed E-state index contributed by atoms with van der Waals surface area (Å²) < 4.78 is 41.4. The molecule has 0 aromatic heterocycles. The second kappa shape index (κ2) is 6.31. The molecule has 0 spiro atoms. The molecule has 0 amide bonds. The Bertz CT molecular complexity index is 292. The van der Waals surface area contributed by atoms with Crippen LogP contribution in [-0.4, -0.2) is 19.9 Å². The summed E-state index contributed by atoms with van der Waals surface area (Å²) in [6, 6.07) is 0. The third-order valence-electron chi connectivity index (χ3n) is 1.68. The molecule has 15 heavy (non-hydrogen) atoms. The highest BCUT2D eigenvalue weighted by Gasteiger charge is 2.32. The van der Waals surface area contributed by atoms with Crippen molar-refractivity contribution in [2.75, 3.05) is 13.7 Å². The third-order valence-corrected chi connectivity index (χ3v) is 1.68. The van der Waals surface area contributed by atoms with Crippen LogP contribution in [0.5, 0.6) is 0 Å². The molecule has 0 aromatic rings. The van der Waals surface area contributed by atoms with E-state index in [4.69, 9.17) is 6.42 Å². The molecule has 0 atom stereocenters. The molecule has 1 nitrogen and oxygen atoms in total. The summed E-state index contributed by atoms with van der Waals surface area (Å²) in [6.07, 6.45) is 3.50. The highest BCUT2D eigenvalue weighted by molar-refractivity contribution is 5.24. The highest BCUT2D eigenvalue weighted by Crippen LogP contribution is 2.26. The first-order valence-electron chi connectivity index (χ1n) is 4.30. The Labute approximate surface area is 87.6 Å². The van der Waals surface area contributed by atoms with Gasteiger partial charge < -0.3 is 4.74 Å². The van der Waals surface area contributed by atoms with E-state index in [1.165, 1.54) is 7.11 Å². The first kappa shape index (κ1) is 13.8. The van der Waals surface area contributed by atoms with Gasteiger partial charge in [0.2, 0.25) is 0 Å². The monoisotopic (exact) mass is 218 g/mol. The van der Waals surface area contributed by atoms with E-state index >= 15 is 0 Å². The summed E-state index contributed by atoms with van der Waals surface area (Å²) in [4.78, 5) is 0. The predicted octanol–water partition coefficient (Wildman–Crippen LogP) is 3.09. The Morgan fingerprint density at radius 2 is 2.00 bits per heavy atom. The van der Waals surface area contributed by atoms with Gasteiger partial charge in [-0.3, -0.25) is 0 Å². The maximum atomic E-state index is 12.3. The van der Waals surface area contributed by atoms with Crippen molar-refractivity contribution in [2.45, 2.75) is 19.5 Å². The predicted molar refractivity (Wildman–Crippen MR) is 53.2 cm³/mol. The Balaban J connectivity index is 4.52. The summed E-state index contributed by atoms with van der Waals surface area (Å²) in [5.41, 5.74) is -0.0729. The molecule has 0 saturated heterocycles. The SMILES string of the molecule is C#C/C(C)=C\C/C=C(\COC)C(F)(F)F. The standard InChI is InChI=1S/C11H13F3O/c1-4-9(2)6-5-7-10(8-15-3)11(12,13)14/h1,6-7H,5,8H2,2-3H3/b9-6-,10-7+. The number of methoxy groups -OCH3 is 1. The van der Waals surface area contributed by atoms with Crippen LogP contribution in [0, 0.1) is 12.3 Å². The molecule has 0 heterocycles. The summed E-state index contributed by atoms with van der Waals surface area (Å²) >= 11 is 0. The van der Waals surface area contributed by atoms with Crippen molar-refractivity contribution in [1.29, 1.82) is 0 Å². The number of hydrogen-bond donors (Lipinski definition) is 0. The van der Waals surface area contributed by atoms with Gasteiger partial charge in [0.1, 0.15) is 0 Å². The molecule has 0 unspecified atom stereocenters. The number of hydrogen-bond acceptors (Lipinski definition) is 1. The van der Waals surface area contributed by atoms with Gasteiger partial charge in [0.15, 0.2) is 0 Å². The second-order valence-corrected chi connectivity index (χ2v) is 2.93. The zero-order chi connectivity index (χ0) is 11.9. The Hall–Kier alpha value is -1.21. The quantitative estimate of drug-likeness (QED) is 0.520. The minimum atomic E-state index is -4.34. The van der Waals surface area contributed by atoms with Crippen LogP contribution in [0.3, 0.4) is 0 Å². The fourth-order valence-electron chi connectivity index (χ4n) is 0.849. The molecule has 4 heteroatoms. The van der Waals surface area contributed by atoms with Crippen molar-refractivity contribution in [3.8, 4) is 12.3 Å². The smallest absolute Gasteiger partial charge is 0.380 e. The van der Waals surface area contributed by atoms with Crippen LogP contribution >= 0.6 is 0 Å². The summed E-state index contributed by atoms with van der Waals surface area (Å²) in [5.74, 6) is 2.33. The lowest BCUT2D eigenvalue weighted by Gasteiger charge is -2.09. The van der Waals surface area contributed by atoms with Crippen LogP contribution < -0.4 is 0 Å². The molecular weight excluding hydrogens is 205 g/mol. The molecule has 0 fully saturated rings. The number of terminal acetylenes is 1. The van der Waals surface area contributed by atoms with Gasteiger partial charge in [0.25, 0.3) is 0 Å². The number of rotatable bonds is 4. The van der Waals surface area contributed by atoms with Crippen LogP contribution in [-0.2, 0) is 4.74 Å². The number of ether oxygens (including phenoxy) is 1. The van der Waals surface area contributed by atoms with Gasteiger partial charge in [-0.2, -0.15) is 13.2 Å². The maximum Gasteiger partial charge on any atom is 0.414 e. The van der Waals surface area contributed by atoms with E-state index in [1.807, 2.05) is 0 Å². The van der Waals surface area contributed by atoms with E-state index in [2.05, 4.69) is 10.7 Å². The van der Waals surface area contributed by atoms with Crippen LogP contribution in [0.1, 0.15) is 13.3 Å². The molecule has 0 saturated carbocycles. The highest BCUT2D eigenvalue weighted by atomic mass is 19.4. The lowest BCUT2D eigenvalue weighted by atomic mass is 10.2. The van der Waals surface area contributed by atoms with Crippen LogP contribution in [0.15, 0.2) is 23.3 Å². The zero-order valence-electron chi connectivity index (χ0n) is 8.69. The topological polar surface area (TPSA) is 9.23 Å². The van der Waals surface area contributed by atoms with Crippen molar-refractivity contribution in [3.63, 3.8) is 0 Å². The second-order valence-electron chi connectivity index (χ2n) is 2.93. The van der Waals surface area contributed by atoms with Gasteiger partial charge in [-0.05, 0) is 18.9 Å². The maximum absolute atomic E-state index is 12.3. The van der Waals surface area contributed by atoms with Crippen molar-refractivity contribution in [3.05, 3.63) is 23.3 Å². The summed E-state index contributed by atoms with van der Waals surface area (Å²) in [5, 5.41) is 0. The van der Waals surface area contributed by atoms with E-state index in [0.29, 0.717) is 5.57 Å². The number of alkyl halides is 3. The lowest BCUT2D eigenvalue weighted by Crippen LogP contribution is -2.16. The van der Waals surface area contributed by atoms with Crippen LogP contribution in [0.4, 0.5) is 13.2 Å². The van der Waals surface area contributed by atoms with Crippen molar-refractivity contribution < 1.29 is 17.9 Å². The van der Waals surface area contributed by atoms with Crippen molar-refractivity contribution in [1.82, 2.24) is 0 Å². The van der Waals surface area contributed by atoms with Gasteiger partial charge >= 0.3 is 6.18 Å². The molecule has 0 rings (SSSR count). The Kier molecular flexibility index (Phi) is 5.80. The largest absolute Gasteiger partial charge is 0.414 e. The molecule has 0 aliphatic rings. The fraction of sp³-hybridized carbons (Fsp3) is 0.455. The molecule has 0 aromatic carbocycles. The van der Waals surface area contributed by atoms with E-state index in [1.54, 1.807) is 13.0 Å². The lowest BCUT2D eigenvalue weighted by molar-refractivity contribution is -0.0992. The van der Waals surface area contributed by atoms with Gasteiger partial charge in [-0.1, -0.05) is 18.1 Å². The van der Waals surface area contributed by atoms with Crippen molar-refractivity contribution in [2.24, 2.45) is 0 Å². The number of halogens is 3. The molecule has 0 bridgehead atoms. The molecule has 0 N–H and O–H groups in total. The Morgan fingerprint density at radius 3 is 2.40 bits per heavy atom. The molecular formula is C11H13F3O. The average molecular weight is 218 g/mol. The fourth-order valence-corrected chi connectivity index (χ4v) is 0.849. The van der Waals surface area contributed by atoms with E-state index in [-0.39, 0.29) is 6.42 Å². The normalized spacial score (nSPS) is 13.9. The molecule has 0 aliphatic heterocycles. The van der Waals surface area contributed by atoms with Crippen LogP contribution in [0.25, 0.3) is 0 Å². The van der Waals surface area contributed by atoms with Crippen molar-refractivity contribution >= 4 is 0 Å². The average Bonchev–Trinajstić information content (AvgIpc) is 2.14. The minimum Gasteiger partial charge on any atom is -0.380 e. The first-order chi connectivity index (χ1) is 6.91. The number of allylic oxidation sites excluding steroid dienone is 3. The minimum absolute atomic E-state index is 0.161. The van der Waals surface area contributed by atoms with Gasteiger partial charge in [-0.25, -0.2) is 0 Å².